The first kappa shape index (κ1) is 12.1. The lowest BCUT2D eigenvalue weighted by molar-refractivity contribution is -0.127. The van der Waals surface area contributed by atoms with Crippen LogP contribution in [0.25, 0.3) is 5.65 Å². The van der Waals surface area contributed by atoms with Gasteiger partial charge in [-0.1, -0.05) is 6.07 Å². The second-order valence-corrected chi connectivity index (χ2v) is 4.77. The molecular weight excluding hydrogens is 244 g/mol. The van der Waals surface area contributed by atoms with Crippen LogP contribution in [0, 0.1) is 5.92 Å². The molecule has 3 heterocycles. The van der Waals surface area contributed by atoms with Crippen LogP contribution in [0.15, 0.2) is 24.4 Å². The van der Waals surface area contributed by atoms with Gasteiger partial charge in [-0.05, 0) is 31.9 Å². The van der Waals surface area contributed by atoms with Gasteiger partial charge in [-0.3, -0.25) is 14.5 Å². The summed E-state index contributed by atoms with van der Waals surface area (Å²) in [5.41, 5.74) is 0.714. The van der Waals surface area contributed by atoms with E-state index in [9.17, 15) is 4.79 Å². The summed E-state index contributed by atoms with van der Waals surface area (Å²) < 4.78 is 7.27. The number of aromatic nitrogens is 3. The van der Waals surface area contributed by atoms with Crippen molar-refractivity contribution in [2.75, 3.05) is 11.9 Å². The molecular formula is C13H16N4O2. The zero-order valence-corrected chi connectivity index (χ0v) is 10.7. The largest absolute Gasteiger partial charge is 0.378 e. The molecule has 1 amide bonds. The van der Waals surface area contributed by atoms with Crippen molar-refractivity contribution in [3.8, 4) is 0 Å². The lowest BCUT2D eigenvalue weighted by atomic mass is 9.94. The van der Waals surface area contributed by atoms with Gasteiger partial charge in [-0.2, -0.15) is 0 Å². The van der Waals surface area contributed by atoms with Crippen LogP contribution in [-0.4, -0.2) is 33.2 Å². The van der Waals surface area contributed by atoms with E-state index in [2.05, 4.69) is 15.5 Å². The van der Waals surface area contributed by atoms with E-state index in [1.807, 2.05) is 31.3 Å². The van der Waals surface area contributed by atoms with Crippen molar-refractivity contribution in [1.29, 1.82) is 0 Å². The van der Waals surface area contributed by atoms with E-state index < -0.39 is 0 Å². The van der Waals surface area contributed by atoms with E-state index in [4.69, 9.17) is 4.74 Å². The fraction of sp³-hybridized carbons (Fsp3) is 0.462. The number of nitrogens with one attached hydrogen (secondary N) is 1. The van der Waals surface area contributed by atoms with Gasteiger partial charge >= 0.3 is 0 Å². The van der Waals surface area contributed by atoms with Crippen LogP contribution in [0.2, 0.25) is 0 Å². The fourth-order valence-electron chi connectivity index (χ4n) is 2.40. The minimum absolute atomic E-state index is 0.0482. The Labute approximate surface area is 110 Å². The highest BCUT2D eigenvalue weighted by atomic mass is 16.5. The van der Waals surface area contributed by atoms with Crippen LogP contribution in [-0.2, 0) is 9.53 Å². The molecule has 0 aromatic carbocycles. The molecule has 0 aliphatic carbocycles. The molecule has 0 saturated carbocycles. The van der Waals surface area contributed by atoms with Crippen LogP contribution < -0.4 is 5.32 Å². The molecule has 3 rings (SSSR count). The number of anilines is 1. The Bertz CT molecular complexity index is 595. The van der Waals surface area contributed by atoms with Gasteiger partial charge in [0.15, 0.2) is 5.65 Å². The second-order valence-electron chi connectivity index (χ2n) is 4.77. The molecule has 19 heavy (non-hydrogen) atoms. The Hall–Kier alpha value is -1.95. The molecule has 1 N–H and O–H groups in total. The minimum atomic E-state index is -0.121. The highest BCUT2D eigenvalue weighted by molar-refractivity contribution is 5.91. The van der Waals surface area contributed by atoms with Crippen LogP contribution in [0.5, 0.6) is 0 Å². The zero-order chi connectivity index (χ0) is 13.2. The Morgan fingerprint density at radius 3 is 3.21 bits per heavy atom. The summed E-state index contributed by atoms with van der Waals surface area (Å²) in [6, 6.07) is 5.60. The standard InChI is InChI=1S/C13H16N4O2/c1-9-10(5-4-8-19-9)12(18)14-13-16-15-11-6-2-3-7-17(11)13/h2-3,6-7,9-10H,4-5,8H2,1H3,(H,14,16,18)/t9-,10+/m0/s1. The Balaban J connectivity index is 1.79. The van der Waals surface area contributed by atoms with E-state index >= 15 is 0 Å². The first-order valence-corrected chi connectivity index (χ1v) is 6.48. The normalized spacial score (nSPS) is 23.4. The average Bonchev–Trinajstić information content (AvgIpc) is 2.83. The SMILES string of the molecule is C[C@@H]1OCCC[C@H]1C(=O)Nc1nnc2ccccn12. The maximum atomic E-state index is 12.2. The predicted octanol–water partition coefficient (Wildman–Crippen LogP) is 1.48. The average molecular weight is 260 g/mol. The van der Waals surface area contributed by atoms with Crippen molar-refractivity contribution >= 4 is 17.5 Å². The van der Waals surface area contributed by atoms with E-state index in [0.717, 1.165) is 19.4 Å². The van der Waals surface area contributed by atoms with Crippen LogP contribution in [0.3, 0.4) is 0 Å². The van der Waals surface area contributed by atoms with Crippen molar-refractivity contribution in [3.63, 3.8) is 0 Å². The van der Waals surface area contributed by atoms with Crippen LogP contribution in [0.1, 0.15) is 19.8 Å². The van der Waals surface area contributed by atoms with Gasteiger partial charge < -0.3 is 4.74 Å². The molecule has 0 spiro atoms. The van der Waals surface area contributed by atoms with Crippen molar-refractivity contribution in [2.24, 2.45) is 5.92 Å². The van der Waals surface area contributed by atoms with Crippen molar-refractivity contribution < 1.29 is 9.53 Å². The monoisotopic (exact) mass is 260 g/mol. The van der Waals surface area contributed by atoms with Crippen molar-refractivity contribution in [1.82, 2.24) is 14.6 Å². The van der Waals surface area contributed by atoms with Gasteiger partial charge in [0, 0.05) is 12.8 Å². The highest BCUT2D eigenvalue weighted by Gasteiger charge is 2.29. The van der Waals surface area contributed by atoms with E-state index in [1.165, 1.54) is 0 Å². The summed E-state index contributed by atoms with van der Waals surface area (Å²) in [4.78, 5) is 12.2. The zero-order valence-electron chi connectivity index (χ0n) is 10.7. The molecule has 2 aromatic rings. The third kappa shape index (κ3) is 2.31. The summed E-state index contributed by atoms with van der Waals surface area (Å²) >= 11 is 0. The number of carbonyl (C=O) groups is 1. The van der Waals surface area contributed by atoms with Gasteiger partial charge in [0.25, 0.3) is 0 Å². The van der Waals surface area contributed by atoms with Gasteiger partial charge in [-0.15, -0.1) is 10.2 Å². The van der Waals surface area contributed by atoms with Crippen molar-refractivity contribution in [3.05, 3.63) is 24.4 Å². The molecule has 2 atom stereocenters. The first-order valence-electron chi connectivity index (χ1n) is 6.48. The van der Waals surface area contributed by atoms with Crippen LogP contribution >= 0.6 is 0 Å². The summed E-state index contributed by atoms with van der Waals surface area (Å²) in [6.45, 7) is 2.67. The van der Waals surface area contributed by atoms with Gasteiger partial charge in [0.1, 0.15) is 0 Å². The predicted molar refractivity (Wildman–Crippen MR) is 69.8 cm³/mol. The molecule has 1 saturated heterocycles. The van der Waals surface area contributed by atoms with Crippen LogP contribution in [0.4, 0.5) is 5.95 Å². The number of rotatable bonds is 2. The molecule has 100 valence electrons. The molecule has 1 aliphatic rings. The molecule has 1 fully saturated rings. The van der Waals surface area contributed by atoms with Gasteiger partial charge in [-0.25, -0.2) is 0 Å². The summed E-state index contributed by atoms with van der Waals surface area (Å²) in [6.07, 6.45) is 3.55. The summed E-state index contributed by atoms with van der Waals surface area (Å²) in [7, 11) is 0. The second kappa shape index (κ2) is 4.97. The molecule has 1 aliphatic heterocycles. The fourth-order valence-corrected chi connectivity index (χ4v) is 2.40. The number of ether oxygens (including phenoxy) is 1. The lowest BCUT2D eigenvalue weighted by Gasteiger charge is -2.27. The Morgan fingerprint density at radius 1 is 1.47 bits per heavy atom. The summed E-state index contributed by atoms with van der Waals surface area (Å²) in [5, 5.41) is 10.8. The molecule has 0 radical (unpaired) electrons. The molecule has 2 aromatic heterocycles. The maximum Gasteiger partial charge on any atom is 0.235 e. The number of carbonyl (C=O) groups excluding carboxylic acids is 1. The Kier molecular flexibility index (Phi) is 3.16. The topological polar surface area (TPSA) is 68.5 Å². The third-order valence-corrected chi connectivity index (χ3v) is 3.49. The number of amides is 1. The minimum Gasteiger partial charge on any atom is -0.378 e. The lowest BCUT2D eigenvalue weighted by Crippen LogP contribution is -2.36. The van der Waals surface area contributed by atoms with E-state index in [1.54, 1.807) is 4.40 Å². The van der Waals surface area contributed by atoms with E-state index in [0.29, 0.717) is 11.6 Å². The number of pyridine rings is 1. The maximum absolute atomic E-state index is 12.2. The smallest absolute Gasteiger partial charge is 0.235 e. The number of nitrogens with zero attached hydrogens (tertiary/aromatic N) is 3. The molecule has 6 heteroatoms. The van der Waals surface area contributed by atoms with Gasteiger partial charge in [0.05, 0.1) is 12.0 Å². The van der Waals surface area contributed by atoms with Gasteiger partial charge in [0.2, 0.25) is 11.9 Å². The Morgan fingerprint density at radius 2 is 2.37 bits per heavy atom. The number of hydrogen-bond acceptors (Lipinski definition) is 4. The highest BCUT2D eigenvalue weighted by Crippen LogP contribution is 2.22. The first-order chi connectivity index (χ1) is 9.25. The third-order valence-electron chi connectivity index (χ3n) is 3.49. The quantitative estimate of drug-likeness (QED) is 0.888. The number of hydrogen-bond donors (Lipinski definition) is 1. The van der Waals surface area contributed by atoms with E-state index in [-0.39, 0.29) is 17.9 Å². The molecule has 0 unspecified atom stereocenters. The van der Waals surface area contributed by atoms with Crippen molar-refractivity contribution in [2.45, 2.75) is 25.9 Å². The molecule has 6 nitrogen and oxygen atoms in total. The molecule has 0 bridgehead atoms. The number of fused-ring (bicyclic) bond motifs is 1. The summed E-state index contributed by atoms with van der Waals surface area (Å²) in [5.74, 6) is 0.286.